The first-order valence-corrected chi connectivity index (χ1v) is 14.7. The molecule has 0 amide bonds. The Labute approximate surface area is 213 Å². The number of benzene rings is 2. The van der Waals surface area contributed by atoms with Crippen LogP contribution in [0, 0.1) is 11.8 Å². The van der Waals surface area contributed by atoms with Crippen LogP contribution < -0.4 is 15.8 Å². The molecule has 8 nitrogen and oxygen atoms in total. The van der Waals surface area contributed by atoms with Crippen LogP contribution in [0.25, 0.3) is 10.9 Å². The van der Waals surface area contributed by atoms with Gasteiger partial charge in [-0.2, -0.15) is 13.2 Å². The van der Waals surface area contributed by atoms with Gasteiger partial charge in [-0.25, -0.2) is 22.0 Å². The van der Waals surface area contributed by atoms with E-state index in [-0.39, 0.29) is 34.7 Å². The van der Waals surface area contributed by atoms with Gasteiger partial charge in [0.25, 0.3) is 0 Å². The van der Waals surface area contributed by atoms with Gasteiger partial charge in [0, 0.05) is 22.8 Å². The number of hydrogen-bond donors (Lipinski definition) is 3. The molecule has 1 fully saturated rings. The normalized spacial score (nSPS) is 16.2. The summed E-state index contributed by atoms with van der Waals surface area (Å²) in [5.74, 6) is 5.76. The number of sulfonamides is 1. The van der Waals surface area contributed by atoms with E-state index in [4.69, 9.17) is 5.14 Å². The average Bonchev–Trinajstić information content (AvgIpc) is 3.14. The first kappa shape index (κ1) is 26.8. The maximum Gasteiger partial charge on any atom is 0.406 e. The standard InChI is InChI=1S/C24H25F3N4O4S2/c25-24(26,27)16-31-19(3-2-12-29-17-6-8-20(9-7-17)37(28,34)35)15-21-22(4-1-5-23(21)31)30-18-10-13-36(32,33)14-11-18/h1,4-9,15,18,29-30H,10-14,16H2,(H2,28,34,35). The van der Waals surface area contributed by atoms with Gasteiger partial charge in [-0.3, -0.25) is 0 Å². The second-order valence-corrected chi connectivity index (χ2v) is 12.6. The third-order valence-corrected chi connectivity index (χ3v) is 8.62. The van der Waals surface area contributed by atoms with Crippen molar-refractivity contribution in [2.24, 2.45) is 5.14 Å². The molecule has 37 heavy (non-hydrogen) atoms. The van der Waals surface area contributed by atoms with E-state index in [1.165, 1.54) is 24.3 Å². The number of aromatic nitrogens is 1. The number of fused-ring (bicyclic) bond motifs is 1. The Bertz CT molecular complexity index is 1560. The second-order valence-electron chi connectivity index (χ2n) is 8.76. The number of alkyl halides is 3. The van der Waals surface area contributed by atoms with Crippen molar-refractivity contribution >= 4 is 42.1 Å². The number of anilines is 2. The van der Waals surface area contributed by atoms with E-state index in [1.54, 1.807) is 24.3 Å². The van der Waals surface area contributed by atoms with Crippen molar-refractivity contribution in [1.82, 2.24) is 4.57 Å². The van der Waals surface area contributed by atoms with E-state index < -0.39 is 32.6 Å². The van der Waals surface area contributed by atoms with Crippen LogP contribution in [0.5, 0.6) is 0 Å². The highest BCUT2D eigenvalue weighted by Gasteiger charge is 2.30. The van der Waals surface area contributed by atoms with Crippen LogP contribution in [0.4, 0.5) is 24.5 Å². The van der Waals surface area contributed by atoms with Crippen LogP contribution in [-0.4, -0.2) is 51.7 Å². The largest absolute Gasteiger partial charge is 0.406 e. The van der Waals surface area contributed by atoms with Crippen molar-refractivity contribution in [2.45, 2.75) is 36.5 Å². The number of nitrogens with zero attached hydrogens (tertiary/aromatic N) is 1. The Hall–Kier alpha value is -3.21. The van der Waals surface area contributed by atoms with Crippen LogP contribution in [0.2, 0.25) is 0 Å². The molecular weight excluding hydrogens is 529 g/mol. The lowest BCUT2D eigenvalue weighted by molar-refractivity contribution is -0.140. The summed E-state index contributed by atoms with van der Waals surface area (Å²) in [6.07, 6.45) is -3.61. The van der Waals surface area contributed by atoms with Crippen LogP contribution in [-0.2, 0) is 26.4 Å². The average molecular weight is 555 g/mol. The maximum atomic E-state index is 13.4. The molecule has 0 atom stereocenters. The second kappa shape index (κ2) is 10.3. The molecule has 1 aliphatic rings. The maximum absolute atomic E-state index is 13.4. The molecule has 1 saturated heterocycles. The Morgan fingerprint density at radius 2 is 1.76 bits per heavy atom. The molecule has 0 saturated carbocycles. The third kappa shape index (κ3) is 6.97. The van der Waals surface area contributed by atoms with E-state index in [0.717, 1.165) is 4.57 Å². The quantitative estimate of drug-likeness (QED) is 0.402. The van der Waals surface area contributed by atoms with Gasteiger partial charge in [0.05, 0.1) is 34.2 Å². The molecule has 1 aliphatic heterocycles. The summed E-state index contributed by atoms with van der Waals surface area (Å²) in [5, 5.41) is 11.9. The number of nitrogens with one attached hydrogen (secondary N) is 2. The monoisotopic (exact) mass is 554 g/mol. The number of primary sulfonamides is 1. The molecule has 0 unspecified atom stereocenters. The summed E-state index contributed by atoms with van der Waals surface area (Å²) < 4.78 is 87.4. The van der Waals surface area contributed by atoms with Gasteiger partial charge < -0.3 is 15.2 Å². The number of sulfone groups is 1. The van der Waals surface area contributed by atoms with Crippen LogP contribution in [0.3, 0.4) is 0 Å². The fraction of sp³-hybridized carbons (Fsp3) is 0.333. The molecule has 0 radical (unpaired) electrons. The Balaban J connectivity index is 1.57. The zero-order valence-corrected chi connectivity index (χ0v) is 21.2. The van der Waals surface area contributed by atoms with Gasteiger partial charge in [-0.05, 0) is 61.2 Å². The minimum Gasteiger partial charge on any atom is -0.382 e. The van der Waals surface area contributed by atoms with Gasteiger partial charge in [-0.15, -0.1) is 0 Å². The number of nitrogens with two attached hydrogens (primary N) is 1. The summed E-state index contributed by atoms with van der Waals surface area (Å²) in [6, 6.07) is 12.2. The summed E-state index contributed by atoms with van der Waals surface area (Å²) in [7, 11) is -6.85. The predicted molar refractivity (Wildman–Crippen MR) is 136 cm³/mol. The number of rotatable bonds is 6. The topological polar surface area (TPSA) is 123 Å². The lowest BCUT2D eigenvalue weighted by atomic mass is 10.1. The first-order chi connectivity index (χ1) is 17.3. The van der Waals surface area contributed by atoms with Crippen molar-refractivity contribution in [3.05, 3.63) is 54.2 Å². The lowest BCUT2D eigenvalue weighted by Gasteiger charge is -2.24. The highest BCUT2D eigenvalue weighted by atomic mass is 32.2. The van der Waals surface area contributed by atoms with Crippen LogP contribution in [0.15, 0.2) is 53.4 Å². The van der Waals surface area contributed by atoms with Crippen LogP contribution in [0.1, 0.15) is 18.5 Å². The molecular formula is C24H25F3N4O4S2. The summed E-state index contributed by atoms with van der Waals surface area (Å²) in [6.45, 7) is -1.11. The number of hydrogen-bond acceptors (Lipinski definition) is 6. The molecule has 3 aromatic rings. The molecule has 2 heterocycles. The van der Waals surface area contributed by atoms with Crippen molar-refractivity contribution < 1.29 is 30.0 Å². The van der Waals surface area contributed by atoms with Gasteiger partial charge in [0.2, 0.25) is 10.0 Å². The molecule has 2 aromatic carbocycles. The van der Waals surface area contributed by atoms with Gasteiger partial charge in [-0.1, -0.05) is 12.0 Å². The lowest BCUT2D eigenvalue weighted by Crippen LogP contribution is -2.32. The summed E-state index contributed by atoms with van der Waals surface area (Å²) >= 11 is 0. The van der Waals surface area contributed by atoms with Gasteiger partial charge >= 0.3 is 6.18 Å². The molecule has 0 bridgehead atoms. The molecule has 0 aliphatic carbocycles. The van der Waals surface area contributed by atoms with Crippen molar-refractivity contribution in [3.8, 4) is 11.8 Å². The molecule has 1 aromatic heterocycles. The Kier molecular flexibility index (Phi) is 7.45. The molecule has 4 N–H and O–H groups in total. The predicted octanol–water partition coefficient (Wildman–Crippen LogP) is 3.30. The van der Waals surface area contributed by atoms with E-state index in [2.05, 4.69) is 22.5 Å². The van der Waals surface area contributed by atoms with Crippen molar-refractivity contribution in [3.63, 3.8) is 0 Å². The van der Waals surface area contributed by atoms with E-state index in [1.807, 2.05) is 0 Å². The third-order valence-electron chi connectivity index (χ3n) is 5.98. The minimum atomic E-state index is -4.47. The Morgan fingerprint density at radius 1 is 1.08 bits per heavy atom. The fourth-order valence-electron chi connectivity index (χ4n) is 4.16. The SMILES string of the molecule is NS(=O)(=O)c1ccc(NCC#Cc2cc3c(NC4CCS(=O)(=O)CC4)cccc3n2CC(F)(F)F)cc1. The van der Waals surface area contributed by atoms with E-state index >= 15 is 0 Å². The molecule has 4 rings (SSSR count). The number of halogens is 3. The highest BCUT2D eigenvalue weighted by Crippen LogP contribution is 2.31. The fourth-order valence-corrected chi connectivity index (χ4v) is 6.17. The molecule has 0 spiro atoms. The van der Waals surface area contributed by atoms with Crippen LogP contribution >= 0.6 is 0 Å². The zero-order chi connectivity index (χ0) is 26.8. The van der Waals surface area contributed by atoms with Gasteiger partial charge in [0.1, 0.15) is 16.4 Å². The zero-order valence-electron chi connectivity index (χ0n) is 19.5. The summed E-state index contributed by atoms with van der Waals surface area (Å²) in [4.78, 5) is -0.0416. The van der Waals surface area contributed by atoms with Crippen molar-refractivity contribution in [1.29, 1.82) is 0 Å². The first-order valence-electron chi connectivity index (χ1n) is 11.3. The minimum absolute atomic E-state index is 0.0416. The summed E-state index contributed by atoms with van der Waals surface area (Å²) in [5.41, 5.74) is 1.73. The molecule has 198 valence electrons. The van der Waals surface area contributed by atoms with Gasteiger partial charge in [0.15, 0.2) is 0 Å². The smallest absolute Gasteiger partial charge is 0.382 e. The van der Waals surface area contributed by atoms with Crippen molar-refractivity contribution in [2.75, 3.05) is 28.7 Å². The Morgan fingerprint density at radius 3 is 2.38 bits per heavy atom. The molecule has 13 heteroatoms. The van der Waals surface area contributed by atoms with E-state index in [9.17, 15) is 30.0 Å². The van der Waals surface area contributed by atoms with E-state index in [0.29, 0.717) is 35.1 Å². The highest BCUT2D eigenvalue weighted by molar-refractivity contribution is 7.91.